The molecule has 1 aliphatic carbocycles. The van der Waals surface area contributed by atoms with E-state index >= 15 is 0 Å². The Kier molecular flexibility index (Phi) is 6.12. The molecule has 0 atom stereocenters. The molecule has 128 valence electrons. The molecule has 6 nitrogen and oxygen atoms in total. The van der Waals surface area contributed by atoms with Crippen LogP contribution in [0.1, 0.15) is 54.4 Å². The molecule has 0 heterocycles. The van der Waals surface area contributed by atoms with E-state index in [0.29, 0.717) is 46.7 Å². The summed E-state index contributed by atoms with van der Waals surface area (Å²) < 4.78 is 0. The summed E-state index contributed by atoms with van der Waals surface area (Å²) in [5.41, 5.74) is 8.13. The highest BCUT2D eigenvalue weighted by Crippen LogP contribution is 2.29. The Morgan fingerprint density at radius 2 is 2.04 bits per heavy atom. The predicted octanol–water partition coefficient (Wildman–Crippen LogP) is 2.95. The quantitative estimate of drug-likeness (QED) is 0.245. The van der Waals surface area contributed by atoms with Crippen molar-refractivity contribution in [3.8, 4) is 0 Å². The van der Waals surface area contributed by atoms with Crippen LogP contribution in [0.5, 0.6) is 0 Å². The van der Waals surface area contributed by atoms with Gasteiger partial charge in [-0.1, -0.05) is 25.8 Å². The van der Waals surface area contributed by atoms with Gasteiger partial charge in [-0.15, -0.1) is 0 Å². The standard InChI is InChI=1S/C18H24N4O2/c1-12(10-21-20)18-14(11-23)8-15(9-16(18)19)22-17(24)7-13-5-3-2-4-6-13/h8-11,13H,1-7,19-20H2,(H,22,24)/b21-10-. The van der Waals surface area contributed by atoms with Crippen molar-refractivity contribution in [3.63, 3.8) is 0 Å². The van der Waals surface area contributed by atoms with Crippen LogP contribution in [0.3, 0.4) is 0 Å². The number of amides is 1. The number of hydrazone groups is 1. The fraction of sp³-hybridized carbons (Fsp3) is 0.389. The van der Waals surface area contributed by atoms with E-state index in [1.54, 1.807) is 12.1 Å². The van der Waals surface area contributed by atoms with Gasteiger partial charge in [0.15, 0.2) is 6.29 Å². The van der Waals surface area contributed by atoms with E-state index in [9.17, 15) is 9.59 Å². The van der Waals surface area contributed by atoms with Gasteiger partial charge in [0.05, 0.1) is 6.21 Å². The van der Waals surface area contributed by atoms with Gasteiger partial charge in [-0.3, -0.25) is 9.59 Å². The number of nitrogen functional groups attached to an aromatic ring is 1. The molecular weight excluding hydrogens is 304 g/mol. The number of hydrogen-bond acceptors (Lipinski definition) is 5. The highest BCUT2D eigenvalue weighted by molar-refractivity contribution is 6.14. The molecule has 0 radical (unpaired) electrons. The van der Waals surface area contributed by atoms with E-state index in [1.807, 2.05) is 0 Å². The molecule has 1 aromatic rings. The van der Waals surface area contributed by atoms with Crippen LogP contribution in [-0.4, -0.2) is 18.4 Å². The van der Waals surface area contributed by atoms with Gasteiger partial charge in [-0.05, 0) is 36.5 Å². The lowest BCUT2D eigenvalue weighted by Crippen LogP contribution is -2.18. The van der Waals surface area contributed by atoms with Gasteiger partial charge in [0, 0.05) is 28.9 Å². The van der Waals surface area contributed by atoms with Crippen LogP contribution < -0.4 is 16.9 Å². The molecule has 6 heteroatoms. The van der Waals surface area contributed by atoms with Crippen molar-refractivity contribution in [3.05, 3.63) is 29.8 Å². The zero-order valence-corrected chi connectivity index (χ0v) is 13.8. The van der Waals surface area contributed by atoms with E-state index in [-0.39, 0.29) is 5.91 Å². The lowest BCUT2D eigenvalue weighted by atomic mass is 9.87. The lowest BCUT2D eigenvalue weighted by Gasteiger charge is -2.21. The molecule has 1 aliphatic rings. The van der Waals surface area contributed by atoms with E-state index in [1.165, 1.54) is 25.5 Å². The maximum Gasteiger partial charge on any atom is 0.224 e. The number of aldehydes is 1. The van der Waals surface area contributed by atoms with Gasteiger partial charge in [0.1, 0.15) is 0 Å². The molecule has 0 spiro atoms. The van der Waals surface area contributed by atoms with Crippen molar-refractivity contribution < 1.29 is 9.59 Å². The Bertz CT molecular complexity index is 661. The number of allylic oxidation sites excluding steroid dienone is 1. The molecule has 2 rings (SSSR count). The van der Waals surface area contributed by atoms with Gasteiger partial charge >= 0.3 is 0 Å². The first-order chi connectivity index (χ1) is 11.5. The third-order valence-corrected chi connectivity index (χ3v) is 4.36. The molecule has 0 bridgehead atoms. The molecule has 1 aromatic carbocycles. The minimum Gasteiger partial charge on any atom is -0.398 e. The summed E-state index contributed by atoms with van der Waals surface area (Å²) in [6, 6.07) is 3.21. The van der Waals surface area contributed by atoms with E-state index in [4.69, 9.17) is 11.6 Å². The normalized spacial score (nSPS) is 15.3. The van der Waals surface area contributed by atoms with Crippen LogP contribution in [0.2, 0.25) is 0 Å². The van der Waals surface area contributed by atoms with Gasteiger partial charge in [0.25, 0.3) is 0 Å². The summed E-state index contributed by atoms with van der Waals surface area (Å²) in [5, 5.41) is 6.24. The summed E-state index contributed by atoms with van der Waals surface area (Å²) >= 11 is 0. The number of nitrogens with one attached hydrogen (secondary N) is 1. The lowest BCUT2D eigenvalue weighted by molar-refractivity contribution is -0.117. The predicted molar refractivity (Wildman–Crippen MR) is 97.8 cm³/mol. The molecule has 24 heavy (non-hydrogen) atoms. The number of carbonyl (C=O) groups excluding carboxylic acids is 2. The van der Waals surface area contributed by atoms with E-state index in [2.05, 4.69) is 17.0 Å². The molecule has 0 aliphatic heterocycles. The minimum absolute atomic E-state index is 0.0479. The monoisotopic (exact) mass is 328 g/mol. The second-order valence-corrected chi connectivity index (χ2v) is 6.21. The van der Waals surface area contributed by atoms with E-state index in [0.717, 1.165) is 12.8 Å². The number of anilines is 2. The first-order valence-electron chi connectivity index (χ1n) is 8.16. The Balaban J connectivity index is 2.13. The maximum atomic E-state index is 12.2. The SMILES string of the molecule is C=C(/C=N\N)c1c(N)cc(NC(=O)CC2CCCCC2)cc1C=O. The fourth-order valence-corrected chi connectivity index (χ4v) is 3.24. The summed E-state index contributed by atoms with van der Waals surface area (Å²) in [6.45, 7) is 3.80. The zero-order chi connectivity index (χ0) is 17.5. The van der Waals surface area contributed by atoms with Crippen LogP contribution in [0.15, 0.2) is 23.8 Å². The van der Waals surface area contributed by atoms with Crippen LogP contribution >= 0.6 is 0 Å². The molecule has 5 N–H and O–H groups in total. The number of carbonyl (C=O) groups is 2. The third kappa shape index (κ3) is 4.44. The first-order valence-corrected chi connectivity index (χ1v) is 8.16. The highest BCUT2D eigenvalue weighted by atomic mass is 16.1. The van der Waals surface area contributed by atoms with Crippen LogP contribution in [0.25, 0.3) is 5.57 Å². The van der Waals surface area contributed by atoms with Crippen molar-refractivity contribution in [1.82, 2.24) is 0 Å². The molecule has 0 saturated heterocycles. The second kappa shape index (κ2) is 8.29. The van der Waals surface area contributed by atoms with Crippen LogP contribution in [-0.2, 0) is 4.79 Å². The zero-order valence-electron chi connectivity index (χ0n) is 13.8. The van der Waals surface area contributed by atoms with Crippen molar-refractivity contribution in [1.29, 1.82) is 0 Å². The van der Waals surface area contributed by atoms with Gasteiger partial charge < -0.3 is 16.9 Å². The largest absolute Gasteiger partial charge is 0.398 e. The van der Waals surface area contributed by atoms with E-state index < -0.39 is 0 Å². The van der Waals surface area contributed by atoms with Crippen LogP contribution in [0.4, 0.5) is 11.4 Å². The average molecular weight is 328 g/mol. The summed E-state index contributed by atoms with van der Waals surface area (Å²) in [5.74, 6) is 5.51. The second-order valence-electron chi connectivity index (χ2n) is 6.21. The average Bonchev–Trinajstić information content (AvgIpc) is 2.55. The molecule has 1 amide bonds. The first kappa shape index (κ1) is 17.7. The van der Waals surface area contributed by atoms with Crippen LogP contribution in [0, 0.1) is 5.92 Å². The molecular formula is C18H24N4O2. The van der Waals surface area contributed by atoms with Crippen molar-refractivity contribution in [2.24, 2.45) is 16.9 Å². The Morgan fingerprint density at radius 1 is 1.33 bits per heavy atom. The minimum atomic E-state index is -0.0479. The smallest absolute Gasteiger partial charge is 0.224 e. The number of rotatable bonds is 6. The summed E-state index contributed by atoms with van der Waals surface area (Å²) in [4.78, 5) is 23.6. The Labute approximate surface area is 142 Å². The summed E-state index contributed by atoms with van der Waals surface area (Å²) in [7, 11) is 0. The Morgan fingerprint density at radius 3 is 2.67 bits per heavy atom. The molecule has 0 unspecified atom stereocenters. The van der Waals surface area contributed by atoms with Gasteiger partial charge in [-0.2, -0.15) is 5.10 Å². The topological polar surface area (TPSA) is 111 Å². The van der Waals surface area contributed by atoms with Gasteiger partial charge in [-0.25, -0.2) is 0 Å². The third-order valence-electron chi connectivity index (χ3n) is 4.36. The maximum absolute atomic E-state index is 12.2. The van der Waals surface area contributed by atoms with Crippen molar-refractivity contribution in [2.45, 2.75) is 38.5 Å². The Hall–Kier alpha value is -2.63. The van der Waals surface area contributed by atoms with Crippen molar-refractivity contribution >= 4 is 35.4 Å². The molecule has 1 saturated carbocycles. The fourth-order valence-electron chi connectivity index (χ4n) is 3.24. The highest BCUT2D eigenvalue weighted by Gasteiger charge is 2.18. The number of hydrogen-bond donors (Lipinski definition) is 3. The summed E-state index contributed by atoms with van der Waals surface area (Å²) in [6.07, 6.45) is 8.37. The number of nitrogens with zero attached hydrogens (tertiary/aromatic N) is 1. The van der Waals surface area contributed by atoms with Crippen molar-refractivity contribution in [2.75, 3.05) is 11.1 Å². The molecule has 1 fully saturated rings. The number of nitrogens with two attached hydrogens (primary N) is 2. The van der Waals surface area contributed by atoms with Gasteiger partial charge in [0.2, 0.25) is 5.91 Å². The molecule has 0 aromatic heterocycles. The number of benzene rings is 1.